The molecule has 0 aliphatic carbocycles. The molecule has 2 aliphatic rings. The third-order valence-electron chi connectivity index (χ3n) is 7.54. The van der Waals surface area contributed by atoms with Gasteiger partial charge in [-0.25, -0.2) is 4.98 Å². The van der Waals surface area contributed by atoms with Crippen LogP contribution in [0.1, 0.15) is 36.5 Å². The van der Waals surface area contributed by atoms with Gasteiger partial charge >= 0.3 is 0 Å². The van der Waals surface area contributed by atoms with Gasteiger partial charge in [-0.1, -0.05) is 12.1 Å². The number of nitrogens with zero attached hydrogens (tertiary/aromatic N) is 6. The predicted molar refractivity (Wildman–Crippen MR) is 145 cm³/mol. The molecule has 2 aliphatic heterocycles. The SMILES string of the molecule is Cc1cc(C)c(N2CCN(c3ccccn3)[C@@H](C)C2)c(C)c1NC1CCN(c2cccnn2)CC1. The molecule has 1 N–H and O–H groups in total. The molecule has 1 atom stereocenters. The molecule has 0 bridgehead atoms. The summed E-state index contributed by atoms with van der Waals surface area (Å²) in [5, 5.41) is 12.3. The maximum Gasteiger partial charge on any atom is 0.151 e. The lowest BCUT2D eigenvalue weighted by molar-refractivity contribution is 0.521. The summed E-state index contributed by atoms with van der Waals surface area (Å²) >= 11 is 0. The molecule has 7 nitrogen and oxygen atoms in total. The molecular weight excluding hydrogens is 434 g/mol. The summed E-state index contributed by atoms with van der Waals surface area (Å²) in [6, 6.07) is 13.4. The Morgan fingerprint density at radius 1 is 0.857 bits per heavy atom. The maximum atomic E-state index is 4.59. The molecule has 7 heteroatoms. The van der Waals surface area contributed by atoms with Crippen LogP contribution in [0.3, 0.4) is 0 Å². The number of rotatable bonds is 5. The molecule has 4 heterocycles. The topological polar surface area (TPSA) is 60.4 Å². The zero-order chi connectivity index (χ0) is 24.4. The summed E-state index contributed by atoms with van der Waals surface area (Å²) in [5.74, 6) is 2.06. The molecule has 2 aromatic heterocycles. The first-order valence-electron chi connectivity index (χ1n) is 12.8. The monoisotopic (exact) mass is 471 g/mol. The highest BCUT2D eigenvalue weighted by molar-refractivity contribution is 5.73. The van der Waals surface area contributed by atoms with E-state index in [0.717, 1.165) is 57.2 Å². The fraction of sp³-hybridized carbons (Fsp3) is 0.464. The Kier molecular flexibility index (Phi) is 6.75. The van der Waals surface area contributed by atoms with Crippen molar-refractivity contribution in [1.82, 2.24) is 15.2 Å². The van der Waals surface area contributed by atoms with E-state index in [-0.39, 0.29) is 0 Å². The van der Waals surface area contributed by atoms with E-state index in [9.17, 15) is 0 Å². The highest BCUT2D eigenvalue weighted by atomic mass is 15.3. The number of piperazine rings is 1. The number of benzene rings is 1. The first kappa shape index (κ1) is 23.4. The molecule has 35 heavy (non-hydrogen) atoms. The lowest BCUT2D eigenvalue weighted by Gasteiger charge is -2.43. The molecular formula is C28H37N7. The Morgan fingerprint density at radius 3 is 2.34 bits per heavy atom. The molecule has 2 fully saturated rings. The predicted octanol–water partition coefficient (Wildman–Crippen LogP) is 4.59. The van der Waals surface area contributed by atoms with Crippen molar-refractivity contribution in [3.63, 3.8) is 0 Å². The molecule has 1 aromatic carbocycles. The van der Waals surface area contributed by atoms with Crippen molar-refractivity contribution in [2.45, 2.75) is 52.6 Å². The van der Waals surface area contributed by atoms with Crippen LogP contribution in [0, 0.1) is 20.8 Å². The second kappa shape index (κ2) is 10.1. The zero-order valence-corrected chi connectivity index (χ0v) is 21.4. The van der Waals surface area contributed by atoms with E-state index in [2.05, 4.69) is 87.2 Å². The minimum atomic E-state index is 0.403. The lowest BCUT2D eigenvalue weighted by Crippen LogP contribution is -2.52. The molecule has 0 radical (unpaired) electrons. The lowest BCUT2D eigenvalue weighted by atomic mass is 9.97. The summed E-state index contributed by atoms with van der Waals surface area (Å²) in [4.78, 5) is 11.9. The van der Waals surface area contributed by atoms with Crippen LogP contribution < -0.4 is 20.0 Å². The van der Waals surface area contributed by atoms with Crippen LogP contribution in [0.25, 0.3) is 0 Å². The van der Waals surface area contributed by atoms with Crippen LogP contribution in [0.2, 0.25) is 0 Å². The van der Waals surface area contributed by atoms with Gasteiger partial charge in [-0.15, -0.1) is 5.10 Å². The Balaban J connectivity index is 1.29. The second-order valence-corrected chi connectivity index (χ2v) is 10.0. The number of piperidine rings is 1. The number of hydrogen-bond donors (Lipinski definition) is 1. The molecule has 0 saturated carbocycles. The van der Waals surface area contributed by atoms with Gasteiger partial charge in [-0.3, -0.25) is 0 Å². The van der Waals surface area contributed by atoms with Crippen LogP contribution in [0.5, 0.6) is 0 Å². The van der Waals surface area contributed by atoms with Gasteiger partial charge in [-0.2, -0.15) is 5.10 Å². The quantitative estimate of drug-likeness (QED) is 0.584. The van der Waals surface area contributed by atoms with Crippen molar-refractivity contribution >= 4 is 23.0 Å². The third kappa shape index (κ3) is 4.90. The van der Waals surface area contributed by atoms with E-state index in [4.69, 9.17) is 0 Å². The van der Waals surface area contributed by atoms with Gasteiger partial charge in [0.05, 0.1) is 0 Å². The summed E-state index contributed by atoms with van der Waals surface area (Å²) < 4.78 is 0. The Hall–Kier alpha value is -3.35. The van der Waals surface area contributed by atoms with E-state index in [1.54, 1.807) is 6.20 Å². The summed E-state index contributed by atoms with van der Waals surface area (Å²) in [6.45, 7) is 14.1. The average molecular weight is 472 g/mol. The first-order valence-corrected chi connectivity index (χ1v) is 12.8. The van der Waals surface area contributed by atoms with Gasteiger partial charge < -0.3 is 20.0 Å². The van der Waals surface area contributed by atoms with Gasteiger partial charge in [-0.05, 0) is 81.5 Å². The Bertz CT molecular complexity index is 1130. The van der Waals surface area contributed by atoms with Crippen LogP contribution in [0.15, 0.2) is 48.8 Å². The zero-order valence-electron chi connectivity index (χ0n) is 21.4. The van der Waals surface area contributed by atoms with Gasteiger partial charge in [0.2, 0.25) is 0 Å². The van der Waals surface area contributed by atoms with E-state index in [0.29, 0.717) is 12.1 Å². The highest BCUT2D eigenvalue weighted by Crippen LogP contribution is 2.36. The molecule has 0 spiro atoms. The smallest absolute Gasteiger partial charge is 0.151 e. The molecule has 3 aromatic rings. The van der Waals surface area contributed by atoms with Crippen LogP contribution in [0.4, 0.5) is 23.0 Å². The number of nitrogens with one attached hydrogen (secondary N) is 1. The normalized spacial score (nSPS) is 19.2. The Labute approximate surface area is 209 Å². The number of anilines is 4. The number of aromatic nitrogens is 3. The largest absolute Gasteiger partial charge is 0.382 e. The summed E-state index contributed by atoms with van der Waals surface area (Å²) in [7, 11) is 0. The van der Waals surface area contributed by atoms with E-state index in [1.807, 2.05) is 18.3 Å². The summed E-state index contributed by atoms with van der Waals surface area (Å²) in [6.07, 6.45) is 5.81. The van der Waals surface area contributed by atoms with E-state index < -0.39 is 0 Å². The van der Waals surface area contributed by atoms with E-state index >= 15 is 0 Å². The maximum absolute atomic E-state index is 4.59. The average Bonchev–Trinajstić information content (AvgIpc) is 2.88. The Morgan fingerprint density at radius 2 is 1.66 bits per heavy atom. The van der Waals surface area contributed by atoms with Crippen molar-refractivity contribution in [2.75, 3.05) is 52.7 Å². The first-order chi connectivity index (χ1) is 17.0. The minimum absolute atomic E-state index is 0.403. The second-order valence-electron chi connectivity index (χ2n) is 10.0. The molecule has 0 amide bonds. The summed E-state index contributed by atoms with van der Waals surface area (Å²) in [5.41, 5.74) is 6.77. The van der Waals surface area contributed by atoms with Crippen molar-refractivity contribution in [3.05, 3.63) is 65.5 Å². The van der Waals surface area contributed by atoms with Crippen LogP contribution in [-0.2, 0) is 0 Å². The molecule has 184 valence electrons. The van der Waals surface area contributed by atoms with Crippen molar-refractivity contribution in [3.8, 4) is 0 Å². The van der Waals surface area contributed by atoms with Crippen LogP contribution in [-0.4, -0.2) is 60.0 Å². The van der Waals surface area contributed by atoms with Crippen molar-refractivity contribution < 1.29 is 0 Å². The van der Waals surface area contributed by atoms with Gasteiger partial charge in [0.1, 0.15) is 5.82 Å². The number of aryl methyl sites for hydroxylation is 2. The number of pyridine rings is 1. The molecule has 0 unspecified atom stereocenters. The fourth-order valence-electron chi connectivity index (χ4n) is 5.83. The van der Waals surface area contributed by atoms with Crippen molar-refractivity contribution in [2.24, 2.45) is 0 Å². The number of hydrogen-bond acceptors (Lipinski definition) is 7. The fourth-order valence-corrected chi connectivity index (χ4v) is 5.83. The van der Waals surface area contributed by atoms with E-state index in [1.165, 1.54) is 28.1 Å². The standard InChI is InChI=1S/C28H37N7/c1-20-18-21(2)28(34-16-17-35(22(3)19-34)25-8-5-6-12-29-25)23(4)27(20)31-24-10-14-33(15-11-24)26-9-7-13-30-32-26/h5-9,12-13,18,22,24,31H,10-11,14-17,19H2,1-4H3/t22-/m0/s1. The van der Waals surface area contributed by atoms with Crippen molar-refractivity contribution in [1.29, 1.82) is 0 Å². The third-order valence-corrected chi connectivity index (χ3v) is 7.54. The van der Waals surface area contributed by atoms with Gasteiger partial charge in [0, 0.05) is 68.6 Å². The van der Waals surface area contributed by atoms with Gasteiger partial charge in [0.15, 0.2) is 5.82 Å². The van der Waals surface area contributed by atoms with Gasteiger partial charge in [0.25, 0.3) is 0 Å². The van der Waals surface area contributed by atoms with Crippen LogP contribution >= 0.6 is 0 Å². The molecule has 5 rings (SSSR count). The highest BCUT2D eigenvalue weighted by Gasteiger charge is 2.28. The minimum Gasteiger partial charge on any atom is -0.382 e. The molecule has 2 saturated heterocycles.